The molecule has 10 heteroatoms. The average Bonchev–Trinajstić information content (AvgIpc) is 2.92. The lowest BCUT2D eigenvalue weighted by molar-refractivity contribution is -0.114. The lowest BCUT2D eigenvalue weighted by Gasteiger charge is -2.12. The number of carbonyl (C=O) groups excluding carboxylic acids is 1. The molecule has 146 valence electrons. The van der Waals surface area contributed by atoms with Gasteiger partial charge >= 0.3 is 0 Å². The summed E-state index contributed by atoms with van der Waals surface area (Å²) in [5, 5.41) is 20.5. The summed E-state index contributed by atoms with van der Waals surface area (Å²) in [6, 6.07) is 8.90. The number of anilines is 1. The maximum absolute atomic E-state index is 12.8. The van der Waals surface area contributed by atoms with E-state index in [4.69, 9.17) is 9.88 Å². The zero-order valence-corrected chi connectivity index (χ0v) is 17.9. The highest BCUT2D eigenvalue weighted by Crippen LogP contribution is 2.34. The van der Waals surface area contributed by atoms with Crippen LogP contribution in [0.5, 0.6) is 11.5 Å². The number of carbonyl (C=O) groups is 1. The third-order valence-corrected chi connectivity index (χ3v) is 5.81. The zero-order valence-electron chi connectivity index (χ0n) is 14.9. The normalized spacial score (nSPS) is 15.9. The summed E-state index contributed by atoms with van der Waals surface area (Å²) in [6.07, 6.45) is 1.66. The molecule has 1 amide bonds. The van der Waals surface area contributed by atoms with Gasteiger partial charge in [0.2, 0.25) is 10.0 Å². The molecule has 3 N–H and O–H groups in total. The maximum atomic E-state index is 12.8. The first-order valence-electron chi connectivity index (χ1n) is 7.93. The summed E-state index contributed by atoms with van der Waals surface area (Å²) in [7, 11) is -2.37. The molecule has 0 atom stereocenters. The summed E-state index contributed by atoms with van der Waals surface area (Å²) in [6.45, 7) is 1.70. The van der Waals surface area contributed by atoms with Crippen LogP contribution in [0.4, 0.5) is 5.69 Å². The van der Waals surface area contributed by atoms with E-state index in [1.165, 1.54) is 36.4 Å². The number of ether oxygens (including phenoxy) is 1. The number of hydrazone groups is 1. The van der Waals surface area contributed by atoms with Crippen LogP contribution in [0.1, 0.15) is 12.5 Å². The van der Waals surface area contributed by atoms with E-state index in [0.29, 0.717) is 31.9 Å². The minimum absolute atomic E-state index is 0.0324. The van der Waals surface area contributed by atoms with Crippen LogP contribution in [-0.2, 0) is 14.8 Å². The summed E-state index contributed by atoms with van der Waals surface area (Å²) in [5.74, 6) is -0.0258. The number of hydrogen-bond donors (Lipinski definition) is 2. The minimum atomic E-state index is -3.82. The average molecular weight is 513 g/mol. The number of nitrogens with zero attached hydrogens (tertiary/aromatic N) is 2. The monoisotopic (exact) mass is 513 g/mol. The SMILES string of the molecule is COc1cc(C=C2C(=O)N(c3ccc(S(N)(=O)=O)cc3)N=C2C)cc(I)c1O. The molecule has 0 fully saturated rings. The number of rotatable bonds is 4. The molecule has 8 nitrogen and oxygen atoms in total. The Bertz CT molecular complexity index is 1120. The fourth-order valence-corrected chi connectivity index (χ4v) is 3.78. The highest BCUT2D eigenvalue weighted by atomic mass is 127. The second kappa shape index (κ2) is 7.53. The number of nitrogens with two attached hydrogens (primary N) is 1. The van der Waals surface area contributed by atoms with Gasteiger partial charge in [-0.2, -0.15) is 10.1 Å². The molecule has 0 unspecified atom stereocenters. The maximum Gasteiger partial charge on any atom is 0.280 e. The fourth-order valence-electron chi connectivity index (χ4n) is 2.64. The van der Waals surface area contributed by atoms with Crippen molar-refractivity contribution in [3.05, 3.63) is 51.1 Å². The second-order valence-corrected chi connectivity index (χ2v) is 8.68. The summed E-state index contributed by atoms with van der Waals surface area (Å²) >= 11 is 1.97. The molecule has 0 saturated heterocycles. The number of halogens is 1. The molecule has 0 aliphatic carbocycles. The molecule has 0 bridgehead atoms. The number of phenols is 1. The molecule has 3 rings (SSSR count). The largest absolute Gasteiger partial charge is 0.504 e. The van der Waals surface area contributed by atoms with E-state index in [1.54, 1.807) is 25.1 Å². The first-order valence-corrected chi connectivity index (χ1v) is 10.6. The van der Waals surface area contributed by atoms with Gasteiger partial charge in [0.05, 0.1) is 32.5 Å². The van der Waals surface area contributed by atoms with Gasteiger partial charge in [-0.15, -0.1) is 0 Å². The van der Waals surface area contributed by atoms with Gasteiger partial charge in [0.15, 0.2) is 11.5 Å². The van der Waals surface area contributed by atoms with Gasteiger partial charge in [-0.1, -0.05) is 0 Å². The quantitative estimate of drug-likeness (QED) is 0.481. The molecule has 1 aliphatic rings. The fraction of sp³-hybridized carbons (Fsp3) is 0.111. The Hall–Kier alpha value is -2.44. The van der Waals surface area contributed by atoms with Crippen molar-refractivity contribution in [2.24, 2.45) is 10.2 Å². The lowest BCUT2D eigenvalue weighted by atomic mass is 10.1. The van der Waals surface area contributed by atoms with Crippen molar-refractivity contribution in [2.75, 3.05) is 12.1 Å². The number of primary sulfonamides is 1. The van der Waals surface area contributed by atoms with Crippen LogP contribution < -0.4 is 14.9 Å². The van der Waals surface area contributed by atoms with Crippen molar-refractivity contribution in [3.8, 4) is 11.5 Å². The van der Waals surface area contributed by atoms with Crippen LogP contribution in [0.3, 0.4) is 0 Å². The van der Waals surface area contributed by atoms with Crippen LogP contribution in [0.2, 0.25) is 0 Å². The molecule has 0 aromatic heterocycles. The number of phenolic OH excluding ortho intramolecular Hbond substituents is 1. The highest BCUT2D eigenvalue weighted by molar-refractivity contribution is 14.1. The number of amides is 1. The van der Waals surface area contributed by atoms with E-state index in [-0.39, 0.29) is 16.6 Å². The Kier molecular flexibility index (Phi) is 5.46. The first kappa shape index (κ1) is 20.3. The van der Waals surface area contributed by atoms with E-state index in [1.807, 2.05) is 22.6 Å². The molecular formula is C18H16IN3O5S. The molecule has 1 aliphatic heterocycles. The summed E-state index contributed by atoms with van der Waals surface area (Å²) < 4.78 is 28.5. The van der Waals surface area contributed by atoms with Gasteiger partial charge in [-0.05, 0) is 77.6 Å². The molecule has 1 heterocycles. The van der Waals surface area contributed by atoms with Crippen molar-refractivity contribution >= 4 is 56.0 Å². The number of methoxy groups -OCH3 is 1. The Morgan fingerprint density at radius 2 is 1.89 bits per heavy atom. The van der Waals surface area contributed by atoms with Crippen LogP contribution >= 0.6 is 22.6 Å². The smallest absolute Gasteiger partial charge is 0.280 e. The molecule has 0 radical (unpaired) electrons. The topological polar surface area (TPSA) is 122 Å². The van der Waals surface area contributed by atoms with Gasteiger partial charge in [0.1, 0.15) is 0 Å². The Labute approximate surface area is 175 Å². The van der Waals surface area contributed by atoms with Gasteiger partial charge in [-0.25, -0.2) is 13.6 Å². The predicted molar refractivity (Wildman–Crippen MR) is 114 cm³/mol. The standard InChI is InChI=1S/C18H16IN3O5S/c1-10-14(7-11-8-15(19)17(23)16(9-11)27-2)18(24)22(21-10)12-3-5-13(6-4-12)28(20,25)26/h3-9,23H,1-2H3,(H2,20,25,26). The van der Waals surface area contributed by atoms with Crippen molar-refractivity contribution in [3.63, 3.8) is 0 Å². The van der Waals surface area contributed by atoms with E-state index in [9.17, 15) is 18.3 Å². The number of hydrogen-bond acceptors (Lipinski definition) is 6. The van der Waals surface area contributed by atoms with Crippen molar-refractivity contribution in [1.82, 2.24) is 0 Å². The van der Waals surface area contributed by atoms with Gasteiger partial charge in [0.25, 0.3) is 5.91 Å². The third kappa shape index (κ3) is 3.88. The Balaban J connectivity index is 1.95. The lowest BCUT2D eigenvalue weighted by Crippen LogP contribution is -2.21. The van der Waals surface area contributed by atoms with E-state index >= 15 is 0 Å². The van der Waals surface area contributed by atoms with Gasteiger partial charge in [0, 0.05) is 0 Å². The molecule has 0 spiro atoms. The first-order chi connectivity index (χ1) is 13.1. The molecule has 0 saturated carbocycles. The van der Waals surface area contributed by atoms with Crippen LogP contribution in [0.25, 0.3) is 6.08 Å². The minimum Gasteiger partial charge on any atom is -0.504 e. The van der Waals surface area contributed by atoms with E-state index < -0.39 is 10.0 Å². The molecule has 2 aromatic carbocycles. The number of benzene rings is 2. The van der Waals surface area contributed by atoms with E-state index in [2.05, 4.69) is 5.10 Å². The van der Waals surface area contributed by atoms with E-state index in [0.717, 1.165) is 0 Å². The molecule has 28 heavy (non-hydrogen) atoms. The van der Waals surface area contributed by atoms with Crippen LogP contribution in [0, 0.1) is 3.57 Å². The number of aromatic hydroxyl groups is 1. The Morgan fingerprint density at radius 3 is 2.46 bits per heavy atom. The second-order valence-electron chi connectivity index (χ2n) is 5.95. The van der Waals surface area contributed by atoms with Crippen molar-refractivity contribution in [2.45, 2.75) is 11.8 Å². The molecular weight excluding hydrogens is 497 g/mol. The van der Waals surface area contributed by atoms with Gasteiger partial charge in [-0.3, -0.25) is 4.79 Å². The summed E-state index contributed by atoms with van der Waals surface area (Å²) in [4.78, 5) is 12.8. The predicted octanol–water partition coefficient (Wildman–Crippen LogP) is 2.46. The third-order valence-electron chi connectivity index (χ3n) is 4.05. The van der Waals surface area contributed by atoms with Crippen molar-refractivity contribution in [1.29, 1.82) is 0 Å². The van der Waals surface area contributed by atoms with Crippen LogP contribution in [0.15, 0.2) is 52.0 Å². The Morgan fingerprint density at radius 1 is 1.25 bits per heavy atom. The number of sulfonamides is 1. The zero-order chi connectivity index (χ0) is 20.6. The van der Waals surface area contributed by atoms with Crippen molar-refractivity contribution < 1.29 is 23.1 Å². The highest BCUT2D eigenvalue weighted by Gasteiger charge is 2.29. The summed E-state index contributed by atoms with van der Waals surface area (Å²) in [5.41, 5.74) is 1.96. The van der Waals surface area contributed by atoms with Crippen LogP contribution in [-0.4, -0.2) is 32.3 Å². The van der Waals surface area contributed by atoms with Gasteiger partial charge < -0.3 is 9.84 Å². The molecule has 2 aromatic rings.